The molecule has 11 heteroatoms. The zero-order valence-corrected chi connectivity index (χ0v) is 20.2. The van der Waals surface area contributed by atoms with Crippen LogP contribution in [-0.4, -0.2) is 38.5 Å². The van der Waals surface area contributed by atoms with Crippen LogP contribution in [-0.2, 0) is 11.3 Å². The largest absolute Gasteiger partial charge is 0.490 e. The summed E-state index contributed by atoms with van der Waals surface area (Å²) >= 11 is 1.24. The quantitative estimate of drug-likeness (QED) is 0.199. The number of thioether (sulfide) groups is 1. The van der Waals surface area contributed by atoms with Crippen LogP contribution in [0.3, 0.4) is 0 Å². The number of hydrogen-bond donors (Lipinski definition) is 1. The first kappa shape index (κ1) is 24.0. The lowest BCUT2D eigenvalue weighted by atomic mass is 10.1. The van der Waals surface area contributed by atoms with Crippen LogP contribution in [0.2, 0.25) is 0 Å². The molecule has 35 heavy (non-hydrogen) atoms. The molecule has 0 aliphatic heterocycles. The number of rotatable bonds is 9. The Hall–Kier alpha value is -4.12. The van der Waals surface area contributed by atoms with E-state index in [0.29, 0.717) is 28.8 Å². The van der Waals surface area contributed by atoms with Crippen molar-refractivity contribution in [2.24, 2.45) is 0 Å². The van der Waals surface area contributed by atoms with Crippen molar-refractivity contribution in [3.63, 3.8) is 0 Å². The molecule has 0 spiro atoms. The lowest BCUT2D eigenvalue weighted by molar-refractivity contribution is -0.385. The van der Waals surface area contributed by atoms with Crippen LogP contribution in [0.4, 0.5) is 11.4 Å². The van der Waals surface area contributed by atoms with Crippen molar-refractivity contribution < 1.29 is 18.9 Å². The summed E-state index contributed by atoms with van der Waals surface area (Å²) in [5.41, 5.74) is 2.84. The molecule has 180 valence electrons. The first-order valence-electron chi connectivity index (χ1n) is 10.6. The van der Waals surface area contributed by atoms with Gasteiger partial charge in [-0.1, -0.05) is 35.5 Å². The fourth-order valence-corrected chi connectivity index (χ4v) is 4.26. The van der Waals surface area contributed by atoms with E-state index in [1.54, 1.807) is 13.2 Å². The van der Waals surface area contributed by atoms with Crippen LogP contribution in [0.25, 0.3) is 11.4 Å². The molecular weight excluding hydrogens is 470 g/mol. The second kappa shape index (κ2) is 10.4. The molecular formula is C24H23N5O5S. The normalized spacial score (nSPS) is 10.8. The molecule has 0 unspecified atom stereocenters. The van der Waals surface area contributed by atoms with Gasteiger partial charge in [0.15, 0.2) is 16.7 Å². The molecule has 0 radical (unpaired) electrons. The molecule has 0 atom stereocenters. The number of nitro benzene ring substituents is 1. The summed E-state index contributed by atoms with van der Waals surface area (Å²) in [7, 11) is 1.34. The summed E-state index contributed by atoms with van der Waals surface area (Å²) in [6, 6.07) is 14.4. The van der Waals surface area contributed by atoms with Gasteiger partial charge in [0.25, 0.3) is 0 Å². The highest BCUT2D eigenvalue weighted by molar-refractivity contribution is 7.99. The molecule has 0 fully saturated rings. The third kappa shape index (κ3) is 5.52. The molecule has 2 aromatic carbocycles. The number of anilines is 1. The van der Waals surface area contributed by atoms with Crippen LogP contribution in [0.1, 0.15) is 16.9 Å². The van der Waals surface area contributed by atoms with Gasteiger partial charge >= 0.3 is 5.69 Å². The third-order valence-corrected chi connectivity index (χ3v) is 6.18. The van der Waals surface area contributed by atoms with Crippen LogP contribution in [0, 0.1) is 24.0 Å². The average Bonchev–Trinajstić information content (AvgIpc) is 3.49. The number of methoxy groups -OCH3 is 1. The zero-order valence-electron chi connectivity index (χ0n) is 19.3. The molecule has 2 aromatic heterocycles. The van der Waals surface area contributed by atoms with E-state index in [2.05, 4.69) is 15.5 Å². The van der Waals surface area contributed by atoms with Crippen molar-refractivity contribution in [3.8, 4) is 17.1 Å². The topological polar surface area (TPSA) is 125 Å². The maximum Gasteiger partial charge on any atom is 0.311 e. The number of benzene rings is 2. The third-order valence-electron chi connectivity index (χ3n) is 5.22. The molecule has 4 aromatic rings. The van der Waals surface area contributed by atoms with Gasteiger partial charge in [-0.3, -0.25) is 19.5 Å². The van der Waals surface area contributed by atoms with E-state index >= 15 is 0 Å². The van der Waals surface area contributed by atoms with Gasteiger partial charge in [0, 0.05) is 23.4 Å². The SMILES string of the molecule is COc1cc(NC(=O)CSc2nnc(-c3cccc(C)c3)n2Cc2ccco2)c(C)cc1[N+](=O)[O-]. The molecule has 0 aliphatic rings. The molecule has 0 saturated carbocycles. The fraction of sp³-hybridized carbons (Fsp3) is 0.208. The number of ether oxygens (including phenoxy) is 1. The summed E-state index contributed by atoms with van der Waals surface area (Å²) < 4.78 is 12.5. The minimum Gasteiger partial charge on any atom is -0.490 e. The van der Waals surface area contributed by atoms with Gasteiger partial charge in [-0.2, -0.15) is 0 Å². The number of nitrogens with zero attached hydrogens (tertiary/aromatic N) is 4. The maximum absolute atomic E-state index is 12.7. The summed E-state index contributed by atoms with van der Waals surface area (Å²) in [4.78, 5) is 23.4. The highest BCUT2D eigenvalue weighted by atomic mass is 32.2. The van der Waals surface area contributed by atoms with Crippen molar-refractivity contribution in [1.82, 2.24) is 14.8 Å². The predicted octanol–water partition coefficient (Wildman–Crippen LogP) is 4.85. The highest BCUT2D eigenvalue weighted by Crippen LogP contribution is 2.33. The van der Waals surface area contributed by atoms with Crippen LogP contribution in [0.15, 0.2) is 64.4 Å². The smallest absolute Gasteiger partial charge is 0.311 e. The Kier molecular flexibility index (Phi) is 7.16. The standard InChI is InChI=1S/C24H23N5O5S/c1-15-6-4-7-17(10-15)23-26-27-24(28(23)13-18-8-5-9-34-18)35-14-22(30)25-19-12-21(33-3)20(29(31)32)11-16(19)2/h4-12H,13-14H2,1-3H3,(H,25,30). The molecule has 0 aliphatic carbocycles. The fourth-order valence-electron chi connectivity index (χ4n) is 3.52. The van der Waals surface area contributed by atoms with E-state index in [9.17, 15) is 14.9 Å². The summed E-state index contributed by atoms with van der Waals surface area (Å²) in [5.74, 6) is 1.24. The van der Waals surface area contributed by atoms with Gasteiger partial charge in [0.1, 0.15) is 5.76 Å². The van der Waals surface area contributed by atoms with Gasteiger partial charge in [-0.25, -0.2) is 0 Å². The molecule has 2 heterocycles. The number of carbonyl (C=O) groups is 1. The molecule has 1 N–H and O–H groups in total. The average molecular weight is 494 g/mol. The number of hydrogen-bond acceptors (Lipinski definition) is 8. The van der Waals surface area contributed by atoms with Crippen LogP contribution < -0.4 is 10.1 Å². The van der Waals surface area contributed by atoms with Gasteiger partial charge in [0.05, 0.1) is 30.6 Å². The van der Waals surface area contributed by atoms with Crippen LogP contribution in [0.5, 0.6) is 5.75 Å². The van der Waals surface area contributed by atoms with Crippen molar-refractivity contribution in [2.45, 2.75) is 25.5 Å². The number of nitrogens with one attached hydrogen (secondary N) is 1. The summed E-state index contributed by atoms with van der Waals surface area (Å²) in [5, 5.41) is 23.3. The van der Waals surface area contributed by atoms with E-state index in [1.165, 1.54) is 31.0 Å². The first-order chi connectivity index (χ1) is 16.9. The Bertz CT molecular complexity index is 1370. The van der Waals surface area contributed by atoms with Crippen molar-refractivity contribution in [2.75, 3.05) is 18.2 Å². The molecule has 0 saturated heterocycles. The zero-order chi connectivity index (χ0) is 24.9. The predicted molar refractivity (Wildman–Crippen MR) is 132 cm³/mol. The lowest BCUT2D eigenvalue weighted by Gasteiger charge is -2.11. The van der Waals surface area contributed by atoms with Gasteiger partial charge in [0.2, 0.25) is 5.91 Å². The van der Waals surface area contributed by atoms with E-state index < -0.39 is 4.92 Å². The summed E-state index contributed by atoms with van der Waals surface area (Å²) in [6.45, 7) is 4.10. The molecule has 4 rings (SSSR count). The Morgan fingerprint density at radius 1 is 1.20 bits per heavy atom. The number of aryl methyl sites for hydroxylation is 2. The number of nitro groups is 1. The molecule has 1 amide bonds. The number of furan rings is 1. The van der Waals surface area contributed by atoms with Gasteiger partial charge < -0.3 is 14.5 Å². The monoisotopic (exact) mass is 493 g/mol. The van der Waals surface area contributed by atoms with Crippen LogP contribution >= 0.6 is 11.8 Å². The number of aromatic nitrogens is 3. The van der Waals surface area contributed by atoms with Gasteiger partial charge in [-0.15, -0.1) is 10.2 Å². The minimum absolute atomic E-state index is 0.0584. The highest BCUT2D eigenvalue weighted by Gasteiger charge is 2.20. The van der Waals surface area contributed by atoms with E-state index in [0.717, 1.165) is 16.9 Å². The second-order valence-corrected chi connectivity index (χ2v) is 8.72. The Balaban J connectivity index is 1.53. The number of amides is 1. The molecule has 10 nitrogen and oxygen atoms in total. The van der Waals surface area contributed by atoms with E-state index in [-0.39, 0.29) is 23.1 Å². The lowest BCUT2D eigenvalue weighted by Crippen LogP contribution is -2.16. The van der Waals surface area contributed by atoms with Crippen molar-refractivity contribution in [3.05, 3.63) is 81.8 Å². The van der Waals surface area contributed by atoms with Gasteiger partial charge in [-0.05, 0) is 37.6 Å². The summed E-state index contributed by atoms with van der Waals surface area (Å²) in [6.07, 6.45) is 1.60. The minimum atomic E-state index is -0.523. The van der Waals surface area contributed by atoms with E-state index in [4.69, 9.17) is 9.15 Å². The Morgan fingerprint density at radius 3 is 2.71 bits per heavy atom. The van der Waals surface area contributed by atoms with E-state index in [1.807, 2.05) is 47.9 Å². The Morgan fingerprint density at radius 2 is 2.03 bits per heavy atom. The van der Waals surface area contributed by atoms with Crippen molar-refractivity contribution in [1.29, 1.82) is 0 Å². The first-order valence-corrected chi connectivity index (χ1v) is 11.6. The number of carbonyl (C=O) groups excluding carboxylic acids is 1. The Labute approximate surface area is 205 Å². The van der Waals surface area contributed by atoms with Crippen molar-refractivity contribution >= 4 is 29.0 Å². The second-order valence-electron chi connectivity index (χ2n) is 7.77. The maximum atomic E-state index is 12.7. The molecule has 0 bridgehead atoms.